The van der Waals surface area contributed by atoms with Gasteiger partial charge in [0.1, 0.15) is 11.6 Å². The van der Waals surface area contributed by atoms with Crippen LogP contribution in [0.15, 0.2) is 44.5 Å². The van der Waals surface area contributed by atoms with E-state index in [2.05, 4.69) is 15.4 Å². The summed E-state index contributed by atoms with van der Waals surface area (Å²) in [7, 11) is 0. The topological polar surface area (TPSA) is 65.0 Å². The molecule has 5 nitrogen and oxygen atoms in total. The SMILES string of the molecule is Cc1cc(CSc2nnc(-c3ccccc3F)o2)no1. The number of rotatable bonds is 4. The molecule has 7 heteroatoms. The zero-order valence-corrected chi connectivity index (χ0v) is 11.4. The van der Waals surface area contributed by atoms with Crippen LogP contribution in [0.3, 0.4) is 0 Å². The molecule has 0 bridgehead atoms. The van der Waals surface area contributed by atoms with Gasteiger partial charge in [-0.15, -0.1) is 10.2 Å². The molecule has 1 aromatic carbocycles. The first-order valence-electron chi connectivity index (χ1n) is 5.86. The molecule has 0 aliphatic carbocycles. The minimum atomic E-state index is -0.389. The Kier molecular flexibility index (Phi) is 3.51. The van der Waals surface area contributed by atoms with Crippen molar-refractivity contribution in [1.29, 1.82) is 0 Å². The van der Waals surface area contributed by atoms with Crippen LogP contribution in [-0.2, 0) is 5.75 Å². The Balaban J connectivity index is 1.72. The van der Waals surface area contributed by atoms with Gasteiger partial charge in [-0.2, -0.15) is 0 Å². The van der Waals surface area contributed by atoms with Crippen molar-refractivity contribution in [3.8, 4) is 11.5 Å². The Morgan fingerprint density at radius 2 is 2.10 bits per heavy atom. The number of halogens is 1. The molecule has 0 fully saturated rings. The molecule has 0 saturated carbocycles. The zero-order valence-electron chi connectivity index (χ0n) is 10.5. The van der Waals surface area contributed by atoms with E-state index in [1.54, 1.807) is 18.2 Å². The zero-order chi connectivity index (χ0) is 13.9. The van der Waals surface area contributed by atoms with E-state index in [1.165, 1.54) is 17.8 Å². The van der Waals surface area contributed by atoms with Gasteiger partial charge in [-0.05, 0) is 19.1 Å². The fraction of sp³-hybridized carbons (Fsp3) is 0.154. The van der Waals surface area contributed by atoms with Crippen molar-refractivity contribution in [2.45, 2.75) is 17.9 Å². The van der Waals surface area contributed by atoms with Crippen LogP contribution in [0.25, 0.3) is 11.5 Å². The highest BCUT2D eigenvalue weighted by atomic mass is 32.2. The van der Waals surface area contributed by atoms with E-state index in [0.29, 0.717) is 16.5 Å². The second-order valence-corrected chi connectivity index (χ2v) is 5.00. The molecular weight excluding hydrogens is 281 g/mol. The summed E-state index contributed by atoms with van der Waals surface area (Å²) in [5.74, 6) is 1.08. The van der Waals surface area contributed by atoms with Crippen molar-refractivity contribution in [3.05, 3.63) is 47.6 Å². The summed E-state index contributed by atoms with van der Waals surface area (Å²) in [6.45, 7) is 1.82. The largest absolute Gasteiger partial charge is 0.411 e. The van der Waals surface area contributed by atoms with Gasteiger partial charge in [-0.1, -0.05) is 29.1 Å². The number of hydrogen-bond donors (Lipinski definition) is 0. The Morgan fingerprint density at radius 1 is 1.25 bits per heavy atom. The van der Waals surface area contributed by atoms with Crippen LogP contribution < -0.4 is 0 Å². The van der Waals surface area contributed by atoms with E-state index in [4.69, 9.17) is 8.94 Å². The molecule has 0 spiro atoms. The lowest BCUT2D eigenvalue weighted by Gasteiger charge is -1.95. The molecule has 3 rings (SSSR count). The third-order valence-corrected chi connectivity index (χ3v) is 3.38. The molecule has 0 saturated heterocycles. The van der Waals surface area contributed by atoms with Gasteiger partial charge >= 0.3 is 0 Å². The molecule has 0 atom stereocenters. The Bertz CT molecular complexity index is 726. The van der Waals surface area contributed by atoms with Crippen molar-refractivity contribution in [2.24, 2.45) is 0 Å². The average molecular weight is 291 g/mol. The summed E-state index contributed by atoms with van der Waals surface area (Å²) in [5, 5.41) is 11.9. The predicted molar refractivity (Wildman–Crippen MR) is 70.5 cm³/mol. The molecule has 20 heavy (non-hydrogen) atoms. The molecule has 0 unspecified atom stereocenters. The van der Waals surface area contributed by atoms with E-state index >= 15 is 0 Å². The molecule has 0 N–H and O–H groups in total. The summed E-state index contributed by atoms with van der Waals surface area (Å²) in [6.07, 6.45) is 0. The van der Waals surface area contributed by atoms with E-state index in [9.17, 15) is 4.39 Å². The number of hydrogen-bond acceptors (Lipinski definition) is 6. The van der Waals surface area contributed by atoms with Gasteiger partial charge in [0.15, 0.2) is 0 Å². The maximum atomic E-state index is 13.6. The first-order chi connectivity index (χ1) is 9.72. The first-order valence-corrected chi connectivity index (χ1v) is 6.84. The standard InChI is InChI=1S/C13H10FN3O2S/c1-8-6-9(17-19-8)7-20-13-16-15-12(18-13)10-4-2-3-5-11(10)14/h2-6H,7H2,1H3. The molecule has 2 heterocycles. The Hall–Kier alpha value is -2.15. The molecule has 3 aromatic rings. The number of aromatic nitrogens is 3. The van der Waals surface area contributed by atoms with Crippen LogP contribution in [0.2, 0.25) is 0 Å². The van der Waals surface area contributed by atoms with Crippen LogP contribution in [0, 0.1) is 12.7 Å². The summed E-state index contributed by atoms with van der Waals surface area (Å²) >= 11 is 1.32. The van der Waals surface area contributed by atoms with Gasteiger partial charge in [-0.3, -0.25) is 0 Å². The number of benzene rings is 1. The maximum Gasteiger partial charge on any atom is 0.277 e. The Morgan fingerprint density at radius 3 is 2.85 bits per heavy atom. The summed E-state index contributed by atoms with van der Waals surface area (Å²) in [6, 6.07) is 8.11. The maximum absolute atomic E-state index is 13.6. The van der Waals surface area contributed by atoms with Gasteiger partial charge in [0.05, 0.1) is 11.3 Å². The van der Waals surface area contributed by atoms with E-state index in [1.807, 2.05) is 13.0 Å². The minimum absolute atomic E-state index is 0.168. The predicted octanol–water partition coefficient (Wildman–Crippen LogP) is 3.46. The Labute approximate surface area is 118 Å². The third kappa shape index (κ3) is 2.72. The summed E-state index contributed by atoms with van der Waals surface area (Å²) < 4.78 is 24.0. The van der Waals surface area contributed by atoms with Crippen molar-refractivity contribution < 1.29 is 13.3 Å². The van der Waals surface area contributed by atoms with Gasteiger partial charge < -0.3 is 8.94 Å². The number of thioether (sulfide) groups is 1. The monoisotopic (exact) mass is 291 g/mol. The lowest BCUT2D eigenvalue weighted by Crippen LogP contribution is -1.82. The molecular formula is C13H10FN3O2S. The van der Waals surface area contributed by atoms with Gasteiger partial charge in [-0.25, -0.2) is 4.39 Å². The van der Waals surface area contributed by atoms with Crippen LogP contribution >= 0.6 is 11.8 Å². The molecule has 0 amide bonds. The first kappa shape index (κ1) is 12.9. The van der Waals surface area contributed by atoms with E-state index in [0.717, 1.165) is 11.5 Å². The van der Waals surface area contributed by atoms with Crippen molar-refractivity contribution in [2.75, 3.05) is 0 Å². The summed E-state index contributed by atoms with van der Waals surface area (Å²) in [4.78, 5) is 0. The van der Waals surface area contributed by atoms with E-state index < -0.39 is 0 Å². The van der Waals surface area contributed by atoms with Crippen molar-refractivity contribution in [3.63, 3.8) is 0 Å². The highest BCUT2D eigenvalue weighted by molar-refractivity contribution is 7.98. The van der Waals surface area contributed by atoms with Crippen LogP contribution in [0.5, 0.6) is 0 Å². The second kappa shape index (κ2) is 5.46. The highest BCUT2D eigenvalue weighted by Gasteiger charge is 2.13. The normalized spacial score (nSPS) is 10.9. The van der Waals surface area contributed by atoms with Crippen LogP contribution in [0.1, 0.15) is 11.5 Å². The van der Waals surface area contributed by atoms with Crippen LogP contribution in [0.4, 0.5) is 4.39 Å². The molecule has 0 aliphatic rings. The minimum Gasteiger partial charge on any atom is -0.411 e. The van der Waals surface area contributed by atoms with Gasteiger partial charge in [0.2, 0.25) is 0 Å². The van der Waals surface area contributed by atoms with E-state index in [-0.39, 0.29) is 11.7 Å². The fourth-order valence-electron chi connectivity index (χ4n) is 1.63. The smallest absolute Gasteiger partial charge is 0.277 e. The number of aryl methyl sites for hydroxylation is 1. The second-order valence-electron chi connectivity index (χ2n) is 4.07. The molecule has 2 aromatic heterocycles. The van der Waals surface area contributed by atoms with Crippen molar-refractivity contribution >= 4 is 11.8 Å². The summed E-state index contributed by atoms with van der Waals surface area (Å²) in [5.41, 5.74) is 1.09. The lowest BCUT2D eigenvalue weighted by atomic mass is 10.2. The quantitative estimate of drug-likeness (QED) is 0.686. The number of nitrogens with zero attached hydrogens (tertiary/aromatic N) is 3. The van der Waals surface area contributed by atoms with Crippen molar-refractivity contribution in [1.82, 2.24) is 15.4 Å². The molecule has 0 aliphatic heterocycles. The fourth-order valence-corrected chi connectivity index (χ4v) is 2.28. The lowest BCUT2D eigenvalue weighted by molar-refractivity contribution is 0.392. The average Bonchev–Trinajstić information content (AvgIpc) is 3.06. The van der Waals surface area contributed by atoms with Gasteiger partial charge in [0, 0.05) is 11.8 Å². The van der Waals surface area contributed by atoms with Crippen LogP contribution in [-0.4, -0.2) is 15.4 Å². The molecule has 102 valence electrons. The van der Waals surface area contributed by atoms with Gasteiger partial charge in [0.25, 0.3) is 11.1 Å². The third-order valence-electron chi connectivity index (χ3n) is 2.53. The highest BCUT2D eigenvalue weighted by Crippen LogP contribution is 2.26. The molecule has 0 radical (unpaired) electrons.